The summed E-state index contributed by atoms with van der Waals surface area (Å²) in [7, 11) is -3.32. The van der Waals surface area contributed by atoms with Crippen LogP contribution in [0.15, 0.2) is 24.3 Å². The van der Waals surface area contributed by atoms with Crippen LogP contribution in [-0.2, 0) is 27.8 Å². The van der Waals surface area contributed by atoms with Gasteiger partial charge in [-0.25, -0.2) is 13.4 Å². The van der Waals surface area contributed by atoms with Gasteiger partial charge in [-0.2, -0.15) is 0 Å². The van der Waals surface area contributed by atoms with Crippen LogP contribution in [0.1, 0.15) is 17.5 Å². The Labute approximate surface area is 128 Å². The van der Waals surface area contributed by atoms with Crippen LogP contribution in [-0.4, -0.2) is 37.0 Å². The molecule has 8 heteroatoms. The Morgan fingerprint density at radius 2 is 2.19 bits per heavy atom. The molecule has 0 spiro atoms. The van der Waals surface area contributed by atoms with Gasteiger partial charge in [0.15, 0.2) is 5.13 Å². The van der Waals surface area contributed by atoms with Gasteiger partial charge in [0.2, 0.25) is 15.9 Å². The minimum absolute atomic E-state index is 0.0511. The van der Waals surface area contributed by atoms with E-state index in [1.807, 2.05) is 13.0 Å². The van der Waals surface area contributed by atoms with Crippen LogP contribution in [0.4, 0.5) is 5.13 Å². The first-order valence-corrected chi connectivity index (χ1v) is 9.14. The highest BCUT2D eigenvalue weighted by molar-refractivity contribution is 7.92. The number of allylic oxidation sites excluding steroid dienone is 3. The number of thiazole rings is 1. The van der Waals surface area contributed by atoms with Gasteiger partial charge in [0.05, 0.1) is 18.5 Å². The molecule has 0 saturated heterocycles. The number of nitrogens with one attached hydrogen (secondary N) is 1. The fraction of sp³-hybridized carbons (Fsp3) is 0.385. The molecule has 0 atom stereocenters. The molecule has 1 aliphatic rings. The van der Waals surface area contributed by atoms with Gasteiger partial charge in [0.1, 0.15) is 0 Å². The van der Waals surface area contributed by atoms with Gasteiger partial charge in [-0.15, -0.1) is 0 Å². The third kappa shape index (κ3) is 4.40. The third-order valence-electron chi connectivity index (χ3n) is 2.86. The molecule has 0 aromatic carbocycles. The second kappa shape index (κ2) is 6.40. The Kier molecular flexibility index (Phi) is 4.79. The minimum atomic E-state index is -3.32. The van der Waals surface area contributed by atoms with Gasteiger partial charge in [0, 0.05) is 23.9 Å². The van der Waals surface area contributed by atoms with Gasteiger partial charge in [-0.05, 0) is 6.92 Å². The monoisotopic (exact) mass is 327 g/mol. The third-order valence-corrected chi connectivity index (χ3v) is 4.55. The maximum Gasteiger partial charge on any atom is 0.246 e. The molecule has 1 aliphatic heterocycles. The van der Waals surface area contributed by atoms with Crippen LogP contribution >= 0.6 is 11.3 Å². The summed E-state index contributed by atoms with van der Waals surface area (Å²) in [5.74, 6) is -0.0511. The SMILES string of the molecule is C/C=C/C=C/C(=O)N1CCc2nc(NS(C)(=O)=O)sc2C1. The van der Waals surface area contributed by atoms with Crippen molar-refractivity contribution < 1.29 is 13.2 Å². The highest BCUT2D eigenvalue weighted by atomic mass is 32.2. The molecule has 0 saturated carbocycles. The number of anilines is 1. The first kappa shape index (κ1) is 15.7. The second-order valence-electron chi connectivity index (χ2n) is 4.66. The van der Waals surface area contributed by atoms with E-state index in [2.05, 4.69) is 9.71 Å². The fourth-order valence-electron chi connectivity index (χ4n) is 1.94. The van der Waals surface area contributed by atoms with E-state index in [4.69, 9.17) is 0 Å². The smallest absolute Gasteiger partial charge is 0.246 e. The summed E-state index contributed by atoms with van der Waals surface area (Å²) in [6, 6.07) is 0. The number of carbonyl (C=O) groups excluding carboxylic acids is 1. The Morgan fingerprint density at radius 3 is 2.86 bits per heavy atom. The van der Waals surface area contributed by atoms with Gasteiger partial charge in [-0.1, -0.05) is 29.6 Å². The van der Waals surface area contributed by atoms with Crippen molar-refractivity contribution in [2.24, 2.45) is 0 Å². The molecular formula is C13H17N3O3S2. The average molecular weight is 327 g/mol. The molecule has 0 bridgehead atoms. The number of hydrogen-bond acceptors (Lipinski definition) is 5. The molecule has 1 N–H and O–H groups in total. The van der Waals surface area contributed by atoms with Gasteiger partial charge >= 0.3 is 0 Å². The molecule has 0 radical (unpaired) electrons. The van der Waals surface area contributed by atoms with Crippen LogP contribution in [0.3, 0.4) is 0 Å². The molecule has 2 heterocycles. The summed E-state index contributed by atoms with van der Waals surface area (Å²) in [5, 5.41) is 0.362. The number of rotatable bonds is 4. The van der Waals surface area contributed by atoms with E-state index >= 15 is 0 Å². The molecule has 114 valence electrons. The predicted octanol–water partition coefficient (Wildman–Crippen LogP) is 1.53. The van der Waals surface area contributed by atoms with Crippen LogP contribution in [0.5, 0.6) is 0 Å². The second-order valence-corrected chi connectivity index (χ2v) is 7.49. The zero-order chi connectivity index (χ0) is 15.5. The number of amides is 1. The van der Waals surface area contributed by atoms with Crippen LogP contribution in [0.2, 0.25) is 0 Å². The van der Waals surface area contributed by atoms with E-state index in [0.29, 0.717) is 24.6 Å². The largest absolute Gasteiger partial charge is 0.334 e. The maximum absolute atomic E-state index is 12.0. The van der Waals surface area contributed by atoms with E-state index in [-0.39, 0.29) is 5.91 Å². The first-order valence-electron chi connectivity index (χ1n) is 6.43. The normalized spacial score (nSPS) is 15.6. The Hall–Kier alpha value is -1.67. The summed E-state index contributed by atoms with van der Waals surface area (Å²) in [6.45, 7) is 2.95. The summed E-state index contributed by atoms with van der Waals surface area (Å²) in [4.78, 5) is 18.9. The standard InChI is InChI=1S/C13H17N3O3S2/c1-3-4-5-6-12(17)16-8-7-10-11(9-16)20-13(14-10)15-21(2,18)19/h3-6H,7-9H2,1-2H3,(H,14,15)/b4-3+,6-5+. The molecule has 6 nitrogen and oxygen atoms in total. The van der Waals surface area contributed by atoms with E-state index in [9.17, 15) is 13.2 Å². The number of carbonyl (C=O) groups is 1. The van der Waals surface area contributed by atoms with Crippen molar-refractivity contribution in [1.82, 2.24) is 9.88 Å². The maximum atomic E-state index is 12.0. The molecule has 0 fully saturated rings. The van der Waals surface area contributed by atoms with Gasteiger partial charge in [-0.3, -0.25) is 9.52 Å². The summed E-state index contributed by atoms with van der Waals surface area (Å²) >= 11 is 1.28. The highest BCUT2D eigenvalue weighted by Crippen LogP contribution is 2.28. The highest BCUT2D eigenvalue weighted by Gasteiger charge is 2.23. The van der Waals surface area contributed by atoms with Crippen molar-refractivity contribution in [2.45, 2.75) is 19.9 Å². The summed E-state index contributed by atoms with van der Waals surface area (Å²) < 4.78 is 24.8. The van der Waals surface area contributed by atoms with Crippen molar-refractivity contribution >= 4 is 32.4 Å². The lowest BCUT2D eigenvalue weighted by Crippen LogP contribution is -2.34. The molecule has 0 aliphatic carbocycles. The summed E-state index contributed by atoms with van der Waals surface area (Å²) in [5.41, 5.74) is 0.868. The topological polar surface area (TPSA) is 79.4 Å². The zero-order valence-electron chi connectivity index (χ0n) is 11.9. The van der Waals surface area contributed by atoms with E-state index in [1.54, 1.807) is 17.1 Å². The van der Waals surface area contributed by atoms with E-state index in [0.717, 1.165) is 16.8 Å². The number of fused-ring (bicyclic) bond motifs is 1. The molecule has 1 aromatic rings. The van der Waals surface area contributed by atoms with E-state index in [1.165, 1.54) is 17.4 Å². The number of hydrogen-bond donors (Lipinski definition) is 1. The number of aromatic nitrogens is 1. The van der Waals surface area contributed by atoms with Crippen molar-refractivity contribution in [2.75, 3.05) is 17.5 Å². The quantitative estimate of drug-likeness (QED) is 0.672. The Morgan fingerprint density at radius 1 is 1.43 bits per heavy atom. The van der Waals surface area contributed by atoms with E-state index < -0.39 is 10.0 Å². The van der Waals surface area contributed by atoms with Crippen LogP contribution in [0.25, 0.3) is 0 Å². The predicted molar refractivity (Wildman–Crippen MR) is 83.7 cm³/mol. The Bertz CT molecular complexity index is 690. The lowest BCUT2D eigenvalue weighted by atomic mass is 10.2. The lowest BCUT2D eigenvalue weighted by Gasteiger charge is -2.24. The number of sulfonamides is 1. The molecular weight excluding hydrogens is 310 g/mol. The fourth-order valence-corrected chi connectivity index (χ4v) is 3.80. The van der Waals surface area contributed by atoms with Crippen molar-refractivity contribution in [3.05, 3.63) is 34.9 Å². The lowest BCUT2D eigenvalue weighted by molar-refractivity contribution is -0.126. The summed E-state index contributed by atoms with van der Waals surface area (Å²) in [6.07, 6.45) is 8.62. The van der Waals surface area contributed by atoms with Crippen LogP contribution < -0.4 is 4.72 Å². The molecule has 21 heavy (non-hydrogen) atoms. The molecule has 1 amide bonds. The van der Waals surface area contributed by atoms with Crippen LogP contribution in [0, 0.1) is 0 Å². The average Bonchev–Trinajstić information content (AvgIpc) is 2.77. The zero-order valence-corrected chi connectivity index (χ0v) is 13.5. The first-order chi connectivity index (χ1) is 9.89. The van der Waals surface area contributed by atoms with Crippen molar-refractivity contribution in [1.29, 1.82) is 0 Å². The molecule has 0 unspecified atom stereocenters. The Balaban J connectivity index is 2.08. The van der Waals surface area contributed by atoms with Crippen molar-refractivity contribution in [3.63, 3.8) is 0 Å². The minimum Gasteiger partial charge on any atom is -0.334 e. The van der Waals surface area contributed by atoms with Gasteiger partial charge in [0.25, 0.3) is 0 Å². The molecule has 2 rings (SSSR count). The number of nitrogens with zero attached hydrogens (tertiary/aromatic N) is 2. The molecule has 1 aromatic heterocycles. The van der Waals surface area contributed by atoms with Crippen molar-refractivity contribution in [3.8, 4) is 0 Å². The van der Waals surface area contributed by atoms with Gasteiger partial charge < -0.3 is 4.90 Å².